The summed E-state index contributed by atoms with van der Waals surface area (Å²) in [6.07, 6.45) is 1.07. The van der Waals surface area contributed by atoms with Crippen LogP contribution < -0.4 is 16.8 Å². The molecule has 0 amide bonds. The summed E-state index contributed by atoms with van der Waals surface area (Å²) in [6, 6.07) is -0.611. The summed E-state index contributed by atoms with van der Waals surface area (Å²) < 4.78 is 10.0. The molecule has 0 aromatic rings. The monoisotopic (exact) mass is 276 g/mol. The second-order valence-electron chi connectivity index (χ2n) is 3.90. The lowest BCUT2D eigenvalue weighted by Gasteiger charge is -2.13. The Morgan fingerprint density at radius 2 is 2.11 bits per heavy atom. The van der Waals surface area contributed by atoms with Crippen LogP contribution in [0, 0.1) is 0 Å². The number of nitrogens with two attached hydrogens (primary N) is 2. The lowest BCUT2D eigenvalue weighted by atomic mass is 10.1. The lowest BCUT2D eigenvalue weighted by Crippen LogP contribution is -2.38. The highest BCUT2D eigenvalue weighted by atomic mass is 16.5. The number of hydrogen-bond donors (Lipinski definition) is 4. The molecular formula is C11H24N4O4. The molecule has 0 saturated carbocycles. The van der Waals surface area contributed by atoms with Gasteiger partial charge in [0.05, 0.1) is 19.8 Å². The molecule has 0 rings (SSSR count). The predicted molar refractivity (Wildman–Crippen MR) is 72.0 cm³/mol. The Morgan fingerprint density at radius 1 is 1.37 bits per heavy atom. The summed E-state index contributed by atoms with van der Waals surface area (Å²) in [5.41, 5.74) is 10.4. The molecule has 0 saturated heterocycles. The average Bonchev–Trinajstić information content (AvgIpc) is 2.35. The Hall–Kier alpha value is -1.38. The summed E-state index contributed by atoms with van der Waals surface area (Å²) >= 11 is 0. The van der Waals surface area contributed by atoms with E-state index < -0.39 is 12.0 Å². The van der Waals surface area contributed by atoms with E-state index in [0.29, 0.717) is 45.8 Å². The number of ether oxygens (including phenoxy) is 2. The van der Waals surface area contributed by atoms with Crippen molar-refractivity contribution in [1.82, 2.24) is 5.32 Å². The lowest BCUT2D eigenvalue weighted by molar-refractivity contribution is -0.139. The Kier molecular flexibility index (Phi) is 10.8. The molecule has 0 aliphatic rings. The highest BCUT2D eigenvalue weighted by Crippen LogP contribution is 1.98. The van der Waals surface area contributed by atoms with Gasteiger partial charge in [-0.15, -0.1) is 0 Å². The van der Waals surface area contributed by atoms with Gasteiger partial charge < -0.3 is 31.4 Å². The highest BCUT2D eigenvalue weighted by Gasteiger charge is 2.15. The van der Waals surface area contributed by atoms with E-state index in [2.05, 4.69) is 10.3 Å². The number of carbonyl (C=O) groups is 1. The van der Waals surface area contributed by atoms with Crippen LogP contribution in [-0.2, 0) is 14.3 Å². The molecule has 0 bridgehead atoms. The zero-order valence-electron chi connectivity index (χ0n) is 11.3. The fourth-order valence-corrected chi connectivity index (χ4v) is 1.37. The van der Waals surface area contributed by atoms with Crippen molar-refractivity contribution in [3.63, 3.8) is 0 Å². The normalized spacial score (nSPS) is 12.1. The van der Waals surface area contributed by atoms with E-state index in [-0.39, 0.29) is 5.96 Å². The highest BCUT2D eigenvalue weighted by molar-refractivity contribution is 5.75. The predicted octanol–water partition coefficient (Wildman–Crippen LogP) is -1.25. The van der Waals surface area contributed by atoms with E-state index >= 15 is 0 Å². The zero-order valence-corrected chi connectivity index (χ0v) is 11.3. The number of rotatable bonds is 12. The van der Waals surface area contributed by atoms with Gasteiger partial charge in [0.25, 0.3) is 0 Å². The van der Waals surface area contributed by atoms with E-state index in [1.807, 2.05) is 0 Å². The Bertz CT molecular complexity index is 269. The van der Waals surface area contributed by atoms with Crippen LogP contribution in [0.3, 0.4) is 0 Å². The third-order valence-electron chi connectivity index (χ3n) is 2.31. The molecule has 8 heteroatoms. The molecule has 0 spiro atoms. The number of guanidine groups is 1. The van der Waals surface area contributed by atoms with E-state index in [9.17, 15) is 4.79 Å². The topological polar surface area (TPSA) is 132 Å². The van der Waals surface area contributed by atoms with E-state index in [0.717, 1.165) is 0 Å². The molecule has 19 heavy (non-hydrogen) atoms. The molecule has 0 heterocycles. The van der Waals surface area contributed by atoms with Crippen LogP contribution in [0.4, 0.5) is 0 Å². The van der Waals surface area contributed by atoms with Gasteiger partial charge in [-0.1, -0.05) is 0 Å². The summed E-state index contributed by atoms with van der Waals surface area (Å²) in [5, 5.41) is 11.9. The molecule has 0 aliphatic heterocycles. The van der Waals surface area contributed by atoms with Crippen molar-refractivity contribution in [3.05, 3.63) is 0 Å². The molecule has 112 valence electrons. The average molecular weight is 276 g/mol. The van der Waals surface area contributed by atoms with Crippen LogP contribution in [0.25, 0.3) is 0 Å². The van der Waals surface area contributed by atoms with E-state index in [4.69, 9.17) is 26.0 Å². The first-order valence-electron chi connectivity index (χ1n) is 6.16. The minimum Gasteiger partial charge on any atom is -0.480 e. The number of nitrogens with one attached hydrogen (secondary N) is 1. The van der Waals surface area contributed by atoms with Gasteiger partial charge in [0, 0.05) is 20.2 Å². The number of nitrogens with zero attached hydrogens (tertiary/aromatic N) is 1. The molecule has 8 nitrogen and oxygen atoms in total. The number of aliphatic imine (C=N–C) groups is 1. The van der Waals surface area contributed by atoms with Crippen molar-refractivity contribution < 1.29 is 19.4 Å². The molecule has 1 atom stereocenters. The quantitative estimate of drug-likeness (QED) is 0.199. The Labute approximate surface area is 113 Å². The molecule has 0 unspecified atom stereocenters. The van der Waals surface area contributed by atoms with Gasteiger partial charge in [-0.2, -0.15) is 0 Å². The summed E-state index contributed by atoms with van der Waals surface area (Å²) in [7, 11) is 1.60. The number of hydrogen-bond acceptors (Lipinski definition) is 5. The van der Waals surface area contributed by atoms with Crippen LogP contribution in [0.5, 0.6) is 0 Å². The van der Waals surface area contributed by atoms with Crippen LogP contribution in [0.15, 0.2) is 4.99 Å². The summed E-state index contributed by atoms with van der Waals surface area (Å²) in [4.78, 5) is 14.8. The Balaban J connectivity index is 3.69. The number of aliphatic carboxylic acids is 1. The van der Waals surface area contributed by atoms with Gasteiger partial charge in [0.2, 0.25) is 0 Å². The SMILES string of the molecule is COCCOCCN[C@@H](CCCN=C(N)N)C(=O)O. The molecular weight excluding hydrogens is 252 g/mol. The van der Waals surface area contributed by atoms with Gasteiger partial charge in [-0.25, -0.2) is 0 Å². The zero-order chi connectivity index (χ0) is 14.5. The first-order chi connectivity index (χ1) is 9.07. The number of carboxylic acids is 1. The summed E-state index contributed by atoms with van der Waals surface area (Å²) in [6.45, 7) is 2.38. The first-order valence-corrected chi connectivity index (χ1v) is 6.16. The third-order valence-corrected chi connectivity index (χ3v) is 2.31. The molecule has 0 aromatic heterocycles. The molecule has 0 aliphatic carbocycles. The van der Waals surface area contributed by atoms with Gasteiger partial charge >= 0.3 is 5.97 Å². The van der Waals surface area contributed by atoms with Gasteiger partial charge in [0.1, 0.15) is 6.04 Å². The third kappa shape index (κ3) is 11.4. The maximum Gasteiger partial charge on any atom is 0.320 e. The molecule has 0 fully saturated rings. The van der Waals surface area contributed by atoms with Crippen LogP contribution >= 0.6 is 0 Å². The molecule has 0 aromatic carbocycles. The molecule has 0 radical (unpaired) electrons. The smallest absolute Gasteiger partial charge is 0.320 e. The van der Waals surface area contributed by atoms with Crippen molar-refractivity contribution in [1.29, 1.82) is 0 Å². The molecule has 6 N–H and O–H groups in total. The number of carboxylic acid groups (broad SMARTS) is 1. The second-order valence-corrected chi connectivity index (χ2v) is 3.90. The minimum absolute atomic E-state index is 0.0198. The van der Waals surface area contributed by atoms with Crippen LogP contribution in [-0.4, -0.2) is 63.1 Å². The summed E-state index contributed by atoms with van der Waals surface area (Å²) in [5.74, 6) is -0.868. The van der Waals surface area contributed by atoms with Crippen LogP contribution in [0.2, 0.25) is 0 Å². The van der Waals surface area contributed by atoms with Crippen molar-refractivity contribution in [3.8, 4) is 0 Å². The maximum atomic E-state index is 11.0. The second kappa shape index (κ2) is 11.7. The standard InChI is InChI=1S/C11H24N4O4/c1-18-7-8-19-6-5-14-9(10(16)17)3-2-4-15-11(12)13/h9,14H,2-8H2,1H3,(H,16,17)(H4,12,13,15)/t9-/m0/s1. The van der Waals surface area contributed by atoms with Crippen molar-refractivity contribution in [2.24, 2.45) is 16.5 Å². The fraction of sp³-hybridized carbons (Fsp3) is 0.818. The van der Waals surface area contributed by atoms with Gasteiger partial charge in [0.15, 0.2) is 5.96 Å². The van der Waals surface area contributed by atoms with Gasteiger partial charge in [-0.3, -0.25) is 9.79 Å². The van der Waals surface area contributed by atoms with Crippen molar-refractivity contribution in [2.75, 3.05) is 40.0 Å². The van der Waals surface area contributed by atoms with E-state index in [1.165, 1.54) is 0 Å². The first kappa shape index (κ1) is 17.6. The largest absolute Gasteiger partial charge is 0.480 e. The van der Waals surface area contributed by atoms with Crippen molar-refractivity contribution >= 4 is 11.9 Å². The fourth-order valence-electron chi connectivity index (χ4n) is 1.37. The minimum atomic E-state index is -0.887. The van der Waals surface area contributed by atoms with Gasteiger partial charge in [-0.05, 0) is 12.8 Å². The Morgan fingerprint density at radius 3 is 2.68 bits per heavy atom. The van der Waals surface area contributed by atoms with E-state index in [1.54, 1.807) is 7.11 Å². The van der Waals surface area contributed by atoms with Crippen LogP contribution in [0.1, 0.15) is 12.8 Å². The number of methoxy groups -OCH3 is 1. The van der Waals surface area contributed by atoms with Crippen molar-refractivity contribution in [2.45, 2.75) is 18.9 Å². The maximum absolute atomic E-state index is 11.0.